The zero-order valence-electron chi connectivity index (χ0n) is 41.0. The molecular formula is C52H68N8O9. The number of likely N-dealkylation sites (N-methyl/N-ethyl adjacent to an activating group) is 1. The van der Waals surface area contributed by atoms with E-state index in [0.29, 0.717) is 69.6 Å². The summed E-state index contributed by atoms with van der Waals surface area (Å²) in [6.07, 6.45) is 5.12. The van der Waals surface area contributed by atoms with E-state index in [4.69, 9.17) is 9.47 Å². The zero-order valence-corrected chi connectivity index (χ0v) is 41.0. The number of carbonyl (C=O) groups is 5. The molecule has 3 fully saturated rings. The first kappa shape index (κ1) is 49.5. The molecule has 3 saturated heterocycles. The Morgan fingerprint density at radius 2 is 1.83 bits per heavy atom. The number of pyridine rings is 1. The number of nitrogens with one attached hydrogen (secondary N) is 2. The molecule has 6 bridgehead atoms. The van der Waals surface area contributed by atoms with Crippen LogP contribution in [0.1, 0.15) is 70.6 Å². The number of aromatic nitrogens is 2. The number of carbonyl (C=O) groups excluding carboxylic acids is 5. The van der Waals surface area contributed by atoms with E-state index < -0.39 is 53.3 Å². The van der Waals surface area contributed by atoms with Crippen LogP contribution in [0, 0.1) is 17.3 Å². The number of nitrogens with zero attached hydrogens (tertiary/aromatic N) is 6. The normalized spacial score (nSPS) is 21.7. The summed E-state index contributed by atoms with van der Waals surface area (Å²) in [6.45, 7) is 13.1. The summed E-state index contributed by atoms with van der Waals surface area (Å²) in [5.41, 5.74) is 9.70. The fraction of sp³-hybridized carbons (Fsp3) is 0.538. The minimum absolute atomic E-state index is 0.0156. The fourth-order valence-electron chi connectivity index (χ4n) is 10.7. The lowest BCUT2D eigenvalue weighted by atomic mass is 9.84. The van der Waals surface area contributed by atoms with E-state index in [1.807, 2.05) is 43.1 Å². The van der Waals surface area contributed by atoms with Gasteiger partial charge in [-0.1, -0.05) is 39.8 Å². The monoisotopic (exact) mass is 949 g/mol. The molecule has 2 aromatic heterocycles. The third-order valence-corrected chi connectivity index (χ3v) is 14.2. The van der Waals surface area contributed by atoms with Crippen molar-refractivity contribution in [3.8, 4) is 28.1 Å². The number of amides is 4. The van der Waals surface area contributed by atoms with Crippen molar-refractivity contribution in [2.24, 2.45) is 17.3 Å². The van der Waals surface area contributed by atoms with Crippen molar-refractivity contribution in [3.63, 3.8) is 0 Å². The highest BCUT2D eigenvalue weighted by atomic mass is 16.5. The van der Waals surface area contributed by atoms with E-state index in [0.717, 1.165) is 38.9 Å². The molecule has 2 aromatic carbocycles. The lowest BCUT2D eigenvalue weighted by molar-refractivity contribution is -0.155. The summed E-state index contributed by atoms with van der Waals surface area (Å²) in [5, 5.41) is 26.4. The van der Waals surface area contributed by atoms with Crippen molar-refractivity contribution in [1.29, 1.82) is 0 Å². The number of aromatic hydroxyl groups is 1. The van der Waals surface area contributed by atoms with E-state index in [9.17, 15) is 34.2 Å². The number of phenols is 1. The highest BCUT2D eigenvalue weighted by molar-refractivity contribution is 5.96. The molecule has 4 amide bonds. The van der Waals surface area contributed by atoms with Gasteiger partial charge >= 0.3 is 5.97 Å². The Morgan fingerprint density at radius 3 is 2.55 bits per heavy atom. The Bertz CT molecular complexity index is 2590. The number of cyclic esters (lactones) is 1. The maximum Gasteiger partial charge on any atom is 0.324 e. The molecule has 17 heteroatoms. The van der Waals surface area contributed by atoms with Gasteiger partial charge in [0.05, 0.1) is 37.5 Å². The van der Waals surface area contributed by atoms with Crippen LogP contribution >= 0.6 is 0 Å². The van der Waals surface area contributed by atoms with E-state index in [-0.39, 0.29) is 56.1 Å². The molecule has 69 heavy (non-hydrogen) atoms. The Hall–Kier alpha value is -5.88. The van der Waals surface area contributed by atoms with E-state index in [1.165, 1.54) is 9.91 Å². The third kappa shape index (κ3) is 10.7. The van der Waals surface area contributed by atoms with E-state index in [2.05, 4.69) is 53.2 Å². The van der Waals surface area contributed by atoms with Gasteiger partial charge in [-0.25, -0.2) is 5.43 Å². The van der Waals surface area contributed by atoms with Crippen LogP contribution in [0.15, 0.2) is 54.9 Å². The number of methoxy groups -OCH3 is 1. The first-order valence-electron chi connectivity index (χ1n) is 24.3. The maximum atomic E-state index is 14.8. The van der Waals surface area contributed by atoms with Crippen LogP contribution in [0.2, 0.25) is 0 Å². The average Bonchev–Trinajstić information content (AvgIpc) is 3.92. The molecule has 4 aromatic rings. The van der Waals surface area contributed by atoms with Gasteiger partial charge < -0.3 is 39.4 Å². The first-order valence-corrected chi connectivity index (χ1v) is 24.3. The predicted molar refractivity (Wildman–Crippen MR) is 259 cm³/mol. The van der Waals surface area contributed by atoms with E-state index in [1.54, 1.807) is 37.4 Å². The van der Waals surface area contributed by atoms with Crippen LogP contribution in [-0.2, 0) is 59.4 Å². The number of esters is 1. The van der Waals surface area contributed by atoms with Crippen molar-refractivity contribution in [1.82, 2.24) is 40.0 Å². The summed E-state index contributed by atoms with van der Waals surface area (Å²) in [5.74, 6) is -2.76. The highest BCUT2D eigenvalue weighted by Gasteiger charge is 2.41. The summed E-state index contributed by atoms with van der Waals surface area (Å²) in [6, 6.07) is 10.4. The van der Waals surface area contributed by atoms with Crippen molar-refractivity contribution in [2.45, 2.75) is 104 Å². The highest BCUT2D eigenvalue weighted by Crippen LogP contribution is 2.41. The number of aliphatic hydroxyl groups is 1. The molecule has 4 atom stereocenters. The van der Waals surface area contributed by atoms with Crippen LogP contribution in [0.5, 0.6) is 5.75 Å². The summed E-state index contributed by atoms with van der Waals surface area (Å²) in [4.78, 5) is 80.0. The van der Waals surface area contributed by atoms with Gasteiger partial charge in [0, 0.05) is 94.1 Å². The van der Waals surface area contributed by atoms with Gasteiger partial charge in [-0.3, -0.25) is 38.9 Å². The second kappa shape index (κ2) is 20.6. The molecular weight excluding hydrogens is 881 g/mol. The van der Waals surface area contributed by atoms with E-state index >= 15 is 0 Å². The summed E-state index contributed by atoms with van der Waals surface area (Å²) < 4.78 is 14.0. The van der Waals surface area contributed by atoms with Crippen molar-refractivity contribution in [3.05, 3.63) is 71.5 Å². The standard InChI is InChI=1S/C52H68N8O9/c1-8-59-44-12-11-33-22-39(44)40(47(59)41-24-53-15-13-35(41)29-68-7)23-52(4,5)30-69-51(67)42-10-9-16-60(55-42)50(66)43(20-32-18-36(33)21-37(61)19-32)54-48(64)46(31(2)3)56(6)49(65)34-14-17-58(25-34)45(63)28-57-26-38(62)27-57/h11-13,15,18-19,21-22,24,31,34,38,42-43,46,55,61-62H,8-10,14,16-17,20,23,25-30H2,1-7H3,(H,54,64)/t34-,42-,43-,46-/m0/s1. The van der Waals surface area contributed by atoms with Crippen LogP contribution in [0.4, 0.5) is 0 Å². The number of β-amino-alcohol motifs (C(OH)–C–C–N with tert-alkyl or cyclic N) is 1. The number of hydrogen-bond acceptors (Lipinski definition) is 12. The number of likely N-dealkylation sites (tertiary alicyclic amines) is 2. The molecule has 17 nitrogen and oxygen atoms in total. The molecule has 370 valence electrons. The topological polar surface area (TPSA) is 199 Å². The van der Waals surface area contributed by atoms with Crippen molar-refractivity contribution >= 4 is 40.5 Å². The number of benzene rings is 2. The Kier molecular flexibility index (Phi) is 14.8. The smallest absolute Gasteiger partial charge is 0.324 e. The molecule has 0 saturated carbocycles. The number of hydrogen-bond donors (Lipinski definition) is 4. The minimum Gasteiger partial charge on any atom is -0.508 e. The van der Waals surface area contributed by atoms with Crippen LogP contribution in [-0.4, -0.2) is 153 Å². The Balaban J connectivity index is 1.14. The lowest BCUT2D eigenvalue weighted by Crippen LogP contribution is -2.62. The van der Waals surface area contributed by atoms with Gasteiger partial charge in [-0.15, -0.1) is 0 Å². The molecule has 8 rings (SSSR count). The van der Waals surface area contributed by atoms with Gasteiger partial charge in [0.2, 0.25) is 17.7 Å². The SMILES string of the molecule is CCn1c(-c2cnccc2COC)c2c3cc(ccc31)-c1cc(O)cc(c1)C[C@H](NC(=O)[C@H](C(C)C)N(C)C(=O)[C@H]1CCN(C(=O)CN3CC(O)C3)C1)C(=O)N1CCC[C@H](N1)C(=O)OCC(C)(C)C2. The zero-order chi connectivity index (χ0) is 49.3. The van der Waals surface area contributed by atoms with Crippen LogP contribution in [0.3, 0.4) is 0 Å². The fourth-order valence-corrected chi connectivity index (χ4v) is 10.7. The number of hydrazine groups is 1. The number of aliphatic hydroxyl groups excluding tert-OH is 1. The number of phenolic OH excluding ortho intramolecular Hbond substituents is 1. The second-order valence-corrected chi connectivity index (χ2v) is 20.5. The molecule has 4 aliphatic heterocycles. The molecule has 0 unspecified atom stereocenters. The minimum atomic E-state index is -1.17. The van der Waals surface area contributed by atoms with Crippen molar-refractivity contribution < 1.29 is 43.7 Å². The van der Waals surface area contributed by atoms with Crippen LogP contribution < -0.4 is 10.7 Å². The summed E-state index contributed by atoms with van der Waals surface area (Å²) in [7, 11) is 3.26. The predicted octanol–water partition coefficient (Wildman–Crippen LogP) is 3.90. The number of aryl methyl sites for hydroxylation is 1. The molecule has 4 aliphatic rings. The van der Waals surface area contributed by atoms with Gasteiger partial charge in [0.25, 0.3) is 5.91 Å². The van der Waals surface area contributed by atoms with Crippen molar-refractivity contribution in [2.75, 3.05) is 60.0 Å². The van der Waals surface area contributed by atoms with Gasteiger partial charge in [-0.05, 0) is 96.7 Å². The molecule has 4 N–H and O–H groups in total. The quantitative estimate of drug-likeness (QED) is 0.159. The van der Waals surface area contributed by atoms with Gasteiger partial charge in [0.1, 0.15) is 23.9 Å². The Morgan fingerprint density at radius 1 is 1.04 bits per heavy atom. The molecule has 0 aliphatic carbocycles. The molecule has 0 radical (unpaired) electrons. The molecule has 6 heterocycles. The largest absolute Gasteiger partial charge is 0.508 e. The third-order valence-electron chi connectivity index (χ3n) is 14.2. The van der Waals surface area contributed by atoms with Crippen LogP contribution in [0.25, 0.3) is 33.3 Å². The summed E-state index contributed by atoms with van der Waals surface area (Å²) >= 11 is 0. The number of rotatable bonds is 11. The molecule has 0 spiro atoms. The average molecular weight is 949 g/mol. The van der Waals surface area contributed by atoms with Gasteiger partial charge in [0.15, 0.2) is 0 Å². The van der Waals surface area contributed by atoms with Gasteiger partial charge in [-0.2, -0.15) is 0 Å². The maximum absolute atomic E-state index is 14.8. The number of ether oxygens (including phenoxy) is 2. The lowest BCUT2D eigenvalue weighted by Gasteiger charge is -2.37. The first-order chi connectivity index (χ1) is 32.9. The second-order valence-electron chi connectivity index (χ2n) is 20.5. The number of fused-ring (bicyclic) bond motifs is 6. The Labute approximate surface area is 404 Å².